The van der Waals surface area contributed by atoms with Crippen LogP contribution in [0.1, 0.15) is 43.8 Å². The van der Waals surface area contributed by atoms with Gasteiger partial charge in [-0.3, -0.25) is 14.4 Å². The van der Waals surface area contributed by atoms with Gasteiger partial charge in [0.05, 0.1) is 29.9 Å². The van der Waals surface area contributed by atoms with Gasteiger partial charge in [0.25, 0.3) is 0 Å². The summed E-state index contributed by atoms with van der Waals surface area (Å²) in [7, 11) is 0. The minimum atomic E-state index is -0.817. The second kappa shape index (κ2) is 9.47. The number of carbonyl (C=O) groups excluding carboxylic acids is 1. The molecule has 1 amide bonds. The number of hydrogen-bond donors (Lipinski definition) is 3. The van der Waals surface area contributed by atoms with Crippen molar-refractivity contribution in [3.63, 3.8) is 0 Å². The predicted octanol–water partition coefficient (Wildman–Crippen LogP) is 3.54. The molecule has 5 rings (SSSR count). The number of rotatable bonds is 6. The molecule has 9 nitrogen and oxygen atoms in total. The van der Waals surface area contributed by atoms with E-state index in [0.29, 0.717) is 62.9 Å². The Labute approximate surface area is 200 Å². The number of benzene rings is 1. The third kappa shape index (κ3) is 4.59. The number of fused-ring (bicyclic) bond motifs is 1. The number of carbonyl (C=O) groups is 1. The summed E-state index contributed by atoms with van der Waals surface area (Å²) < 4.78 is 35.5. The zero-order chi connectivity index (χ0) is 23.8. The van der Waals surface area contributed by atoms with Crippen LogP contribution in [0, 0.1) is 17.6 Å². The molecule has 1 aromatic heterocycles. The number of ether oxygens (including phenoxy) is 1. The maximum atomic E-state index is 14.5. The number of hydrazine groups is 1. The predicted molar refractivity (Wildman–Crippen MR) is 123 cm³/mol. The number of nitrogens with two attached hydrogens (primary N) is 1. The van der Waals surface area contributed by atoms with Crippen molar-refractivity contribution in [2.75, 3.05) is 18.5 Å². The summed E-state index contributed by atoms with van der Waals surface area (Å²) in [6, 6.07) is 2.00. The highest BCUT2D eigenvalue weighted by Crippen LogP contribution is 2.41. The third-order valence-corrected chi connectivity index (χ3v) is 6.88. The lowest BCUT2D eigenvalue weighted by Crippen LogP contribution is -2.44. The fraction of sp³-hybridized carbons (Fsp3) is 0.500. The van der Waals surface area contributed by atoms with Gasteiger partial charge >= 0.3 is 0 Å². The van der Waals surface area contributed by atoms with Crippen LogP contribution in [0.2, 0.25) is 5.02 Å². The zero-order valence-corrected chi connectivity index (χ0v) is 19.2. The van der Waals surface area contributed by atoms with Crippen LogP contribution in [-0.2, 0) is 16.1 Å². The summed E-state index contributed by atoms with van der Waals surface area (Å²) in [6.45, 7) is 1.80. The number of amides is 1. The van der Waals surface area contributed by atoms with Gasteiger partial charge in [-0.25, -0.2) is 24.2 Å². The Bertz CT molecular complexity index is 1090. The minimum absolute atomic E-state index is 0.0171. The standard InChI is InChI=1S/C22H26ClF2N7O2/c23-16-7-13(24)8-17(25)19(16)29-22-28-18-9-31(30-14-5-6-34-10-14)11-27-21(18)32(22)15-3-1-12(2-4-15)20(26)33/h7-8,11-12,14-15,30H,1-6,9-10H2,(H2,26,33)(H,28,29)/t12-,14-,15-/m1/s1. The number of imidazole rings is 1. The van der Waals surface area contributed by atoms with Crippen molar-refractivity contribution >= 4 is 41.3 Å². The number of nitrogens with one attached hydrogen (secondary N) is 2. The van der Waals surface area contributed by atoms with E-state index in [0.717, 1.165) is 18.6 Å². The molecule has 0 unspecified atom stereocenters. The van der Waals surface area contributed by atoms with E-state index in [1.165, 1.54) is 0 Å². The summed E-state index contributed by atoms with van der Waals surface area (Å²) >= 11 is 6.13. The molecule has 182 valence electrons. The molecule has 2 aromatic rings. The van der Waals surface area contributed by atoms with E-state index < -0.39 is 11.6 Å². The van der Waals surface area contributed by atoms with Crippen LogP contribution in [0.4, 0.5) is 26.2 Å². The second-order valence-electron chi connectivity index (χ2n) is 8.92. The SMILES string of the molecule is NC(=O)[C@H]1CC[C@H](n2c(Nc3c(F)cc(F)cc3Cl)nc3c2N=CN(N[C@@H]2CCOC2)C3)CC1. The quantitative estimate of drug-likeness (QED) is 0.568. The molecule has 1 aliphatic carbocycles. The average Bonchev–Trinajstić information content (AvgIpc) is 3.43. The molecule has 0 bridgehead atoms. The summed E-state index contributed by atoms with van der Waals surface area (Å²) in [5.74, 6) is -1.01. The minimum Gasteiger partial charge on any atom is -0.380 e. The molecule has 34 heavy (non-hydrogen) atoms. The van der Waals surface area contributed by atoms with E-state index in [1.807, 2.05) is 9.58 Å². The Morgan fingerprint density at radius 1 is 1.21 bits per heavy atom. The summed E-state index contributed by atoms with van der Waals surface area (Å²) in [5.41, 5.74) is 9.52. The Balaban J connectivity index is 1.45. The molecule has 12 heteroatoms. The normalized spacial score (nSPS) is 24.3. The van der Waals surface area contributed by atoms with E-state index >= 15 is 0 Å². The maximum absolute atomic E-state index is 14.5. The molecule has 3 aliphatic rings. The maximum Gasteiger partial charge on any atom is 0.220 e. The first kappa shape index (κ1) is 23.0. The highest BCUT2D eigenvalue weighted by atomic mass is 35.5. The first-order chi connectivity index (χ1) is 16.4. The molecule has 0 radical (unpaired) electrons. The van der Waals surface area contributed by atoms with Crippen LogP contribution >= 0.6 is 11.6 Å². The van der Waals surface area contributed by atoms with E-state index in [-0.39, 0.29) is 34.6 Å². The summed E-state index contributed by atoms with van der Waals surface area (Å²) in [6.07, 6.45) is 5.31. The van der Waals surface area contributed by atoms with Crippen molar-refractivity contribution in [3.05, 3.63) is 34.5 Å². The summed E-state index contributed by atoms with van der Waals surface area (Å²) in [4.78, 5) is 21.0. The molecule has 4 N–H and O–H groups in total. The Hall–Kier alpha value is -2.76. The van der Waals surface area contributed by atoms with Gasteiger partial charge in [-0.05, 0) is 38.2 Å². The van der Waals surface area contributed by atoms with Crippen molar-refractivity contribution in [2.45, 2.75) is 50.7 Å². The van der Waals surface area contributed by atoms with Crippen LogP contribution in [-0.4, -0.2) is 46.1 Å². The zero-order valence-electron chi connectivity index (χ0n) is 18.4. The van der Waals surface area contributed by atoms with Gasteiger partial charge in [0, 0.05) is 24.6 Å². The van der Waals surface area contributed by atoms with Crippen LogP contribution < -0.4 is 16.5 Å². The Morgan fingerprint density at radius 3 is 2.68 bits per heavy atom. The molecule has 0 spiro atoms. The van der Waals surface area contributed by atoms with Crippen LogP contribution in [0.25, 0.3) is 0 Å². The highest BCUT2D eigenvalue weighted by molar-refractivity contribution is 6.33. The number of hydrogen-bond acceptors (Lipinski definition) is 7. The monoisotopic (exact) mass is 493 g/mol. The number of aliphatic imine (C=N–C) groups is 1. The van der Waals surface area contributed by atoms with Crippen LogP contribution in [0.15, 0.2) is 17.1 Å². The van der Waals surface area contributed by atoms with Gasteiger partial charge < -0.3 is 15.8 Å². The fourth-order valence-corrected chi connectivity index (χ4v) is 5.06. The molecule has 1 atom stereocenters. The topological polar surface area (TPSA) is 110 Å². The average molecular weight is 494 g/mol. The smallest absolute Gasteiger partial charge is 0.220 e. The van der Waals surface area contributed by atoms with E-state index in [4.69, 9.17) is 27.1 Å². The van der Waals surface area contributed by atoms with Gasteiger partial charge in [-0.2, -0.15) is 0 Å². The van der Waals surface area contributed by atoms with Gasteiger partial charge in [0.1, 0.15) is 17.8 Å². The van der Waals surface area contributed by atoms with Crippen molar-refractivity contribution < 1.29 is 18.3 Å². The van der Waals surface area contributed by atoms with Gasteiger partial charge in [-0.1, -0.05) is 11.6 Å². The molecular weight excluding hydrogens is 468 g/mol. The molecule has 1 aromatic carbocycles. The van der Waals surface area contributed by atoms with E-state index in [2.05, 4.69) is 15.7 Å². The highest BCUT2D eigenvalue weighted by Gasteiger charge is 2.32. The first-order valence-corrected chi connectivity index (χ1v) is 11.7. The van der Waals surface area contributed by atoms with Crippen LogP contribution in [0.3, 0.4) is 0 Å². The number of nitrogens with zero attached hydrogens (tertiary/aromatic N) is 4. The van der Waals surface area contributed by atoms with Crippen molar-refractivity contribution in [1.29, 1.82) is 0 Å². The van der Waals surface area contributed by atoms with E-state index in [1.54, 1.807) is 6.34 Å². The van der Waals surface area contributed by atoms with E-state index in [9.17, 15) is 13.6 Å². The molecule has 3 heterocycles. The van der Waals surface area contributed by atoms with Crippen molar-refractivity contribution in [2.24, 2.45) is 16.6 Å². The molecule has 2 aliphatic heterocycles. The van der Waals surface area contributed by atoms with Gasteiger partial charge in [0.15, 0.2) is 11.6 Å². The first-order valence-electron chi connectivity index (χ1n) is 11.4. The lowest BCUT2D eigenvalue weighted by atomic mass is 9.85. The third-order valence-electron chi connectivity index (χ3n) is 6.58. The van der Waals surface area contributed by atoms with Crippen molar-refractivity contribution in [1.82, 2.24) is 20.0 Å². The lowest BCUT2D eigenvalue weighted by Gasteiger charge is -2.30. The van der Waals surface area contributed by atoms with Gasteiger partial charge in [0.2, 0.25) is 11.9 Å². The molecule has 1 saturated heterocycles. The molecular formula is C22H26ClF2N7O2. The van der Waals surface area contributed by atoms with Crippen LogP contribution in [0.5, 0.6) is 0 Å². The molecule has 2 fully saturated rings. The Morgan fingerprint density at radius 2 is 2.00 bits per heavy atom. The fourth-order valence-electron chi connectivity index (χ4n) is 4.82. The largest absolute Gasteiger partial charge is 0.380 e. The Kier molecular flexibility index (Phi) is 6.41. The lowest BCUT2D eigenvalue weighted by molar-refractivity contribution is -0.122. The molecule has 1 saturated carbocycles. The van der Waals surface area contributed by atoms with Crippen molar-refractivity contribution in [3.8, 4) is 0 Å². The summed E-state index contributed by atoms with van der Waals surface area (Å²) in [5, 5.41) is 4.74. The second-order valence-corrected chi connectivity index (χ2v) is 9.32. The number of anilines is 2. The number of halogens is 3. The number of primary amides is 1. The number of aromatic nitrogens is 2. The van der Waals surface area contributed by atoms with Gasteiger partial charge in [-0.15, -0.1) is 0 Å².